The van der Waals surface area contributed by atoms with Crippen molar-refractivity contribution in [1.29, 1.82) is 0 Å². The van der Waals surface area contributed by atoms with Gasteiger partial charge in [0.25, 0.3) is 0 Å². The molecule has 3 rings (SSSR count). The quantitative estimate of drug-likeness (QED) is 0.934. The Balaban J connectivity index is 1.54. The fourth-order valence-electron chi connectivity index (χ4n) is 2.33. The number of carbonyl (C=O) groups excluding carboxylic acids is 1. The maximum Gasteiger partial charge on any atom is 0.321 e. The van der Waals surface area contributed by atoms with Gasteiger partial charge in [0, 0.05) is 23.7 Å². The molecule has 0 radical (unpaired) electrons. The molecule has 1 unspecified atom stereocenters. The smallest absolute Gasteiger partial charge is 0.321 e. The summed E-state index contributed by atoms with van der Waals surface area (Å²) in [7, 11) is 1.75. The molecule has 1 atom stereocenters. The number of benzene rings is 1. The summed E-state index contributed by atoms with van der Waals surface area (Å²) in [5.41, 5.74) is 4.53. The average Bonchev–Trinajstić information content (AvgIpc) is 3.11. The monoisotopic (exact) mass is 333 g/mol. The number of rotatable bonds is 4. The van der Waals surface area contributed by atoms with E-state index < -0.39 is 0 Å². The van der Waals surface area contributed by atoms with Crippen molar-refractivity contribution in [3.8, 4) is 11.3 Å². The SMILES string of the molecule is CN(CC1COCCO1)C(=O)Nc1ccc(-c2cscn2)cc1. The maximum atomic E-state index is 12.2. The minimum Gasteiger partial charge on any atom is -0.376 e. The fourth-order valence-corrected chi connectivity index (χ4v) is 2.89. The van der Waals surface area contributed by atoms with Crippen LogP contribution in [-0.4, -0.2) is 55.4 Å². The van der Waals surface area contributed by atoms with Crippen LogP contribution < -0.4 is 5.32 Å². The van der Waals surface area contributed by atoms with Gasteiger partial charge in [0.15, 0.2) is 0 Å². The summed E-state index contributed by atoms with van der Waals surface area (Å²) in [6.45, 7) is 2.23. The highest BCUT2D eigenvalue weighted by Crippen LogP contribution is 2.21. The van der Waals surface area contributed by atoms with Crippen LogP contribution in [0.25, 0.3) is 11.3 Å². The van der Waals surface area contributed by atoms with E-state index in [4.69, 9.17) is 9.47 Å². The van der Waals surface area contributed by atoms with Gasteiger partial charge in [0.2, 0.25) is 0 Å². The van der Waals surface area contributed by atoms with Crippen molar-refractivity contribution < 1.29 is 14.3 Å². The Morgan fingerprint density at radius 1 is 1.39 bits per heavy atom. The first-order chi connectivity index (χ1) is 11.2. The van der Waals surface area contributed by atoms with Gasteiger partial charge in [-0.2, -0.15) is 0 Å². The molecule has 2 aromatic rings. The Hall–Kier alpha value is -1.96. The van der Waals surface area contributed by atoms with E-state index in [0.29, 0.717) is 26.4 Å². The second-order valence-electron chi connectivity index (χ2n) is 5.33. The zero-order valence-electron chi connectivity index (χ0n) is 12.9. The Morgan fingerprint density at radius 2 is 2.22 bits per heavy atom. The van der Waals surface area contributed by atoms with Gasteiger partial charge >= 0.3 is 6.03 Å². The van der Waals surface area contributed by atoms with Gasteiger partial charge in [0.05, 0.1) is 43.7 Å². The molecule has 1 aliphatic heterocycles. The first-order valence-electron chi connectivity index (χ1n) is 7.42. The van der Waals surface area contributed by atoms with E-state index in [1.54, 1.807) is 28.8 Å². The molecule has 1 fully saturated rings. The molecule has 1 aliphatic rings. The van der Waals surface area contributed by atoms with Crippen LogP contribution >= 0.6 is 11.3 Å². The molecule has 1 saturated heterocycles. The molecule has 122 valence electrons. The van der Waals surface area contributed by atoms with Crippen molar-refractivity contribution in [2.75, 3.05) is 38.7 Å². The van der Waals surface area contributed by atoms with E-state index in [0.717, 1.165) is 16.9 Å². The number of carbonyl (C=O) groups is 1. The molecule has 1 aromatic carbocycles. The van der Waals surface area contributed by atoms with Gasteiger partial charge in [-0.05, 0) is 12.1 Å². The summed E-state index contributed by atoms with van der Waals surface area (Å²) in [4.78, 5) is 18.1. The Kier molecular flexibility index (Phi) is 5.22. The molecule has 1 aromatic heterocycles. The predicted octanol–water partition coefficient (Wildman–Crippen LogP) is 2.69. The predicted molar refractivity (Wildman–Crippen MR) is 89.8 cm³/mol. The lowest BCUT2D eigenvalue weighted by Crippen LogP contribution is -2.42. The van der Waals surface area contributed by atoms with E-state index in [-0.39, 0.29) is 12.1 Å². The standard InChI is InChI=1S/C16H19N3O3S/c1-19(8-14-9-21-6-7-22-14)16(20)18-13-4-2-12(3-5-13)15-10-23-11-17-15/h2-5,10-11,14H,6-9H2,1H3,(H,18,20). The largest absolute Gasteiger partial charge is 0.376 e. The third kappa shape index (κ3) is 4.28. The molecule has 6 nitrogen and oxygen atoms in total. The van der Waals surface area contributed by atoms with Gasteiger partial charge in [0.1, 0.15) is 0 Å². The summed E-state index contributed by atoms with van der Waals surface area (Å²) >= 11 is 1.56. The number of hydrogen-bond acceptors (Lipinski definition) is 5. The topological polar surface area (TPSA) is 63.7 Å². The second-order valence-corrected chi connectivity index (χ2v) is 6.05. The molecule has 0 spiro atoms. The number of anilines is 1. The van der Waals surface area contributed by atoms with Gasteiger partial charge in [-0.15, -0.1) is 11.3 Å². The highest BCUT2D eigenvalue weighted by Gasteiger charge is 2.19. The van der Waals surface area contributed by atoms with Crippen LogP contribution in [0.5, 0.6) is 0 Å². The van der Waals surface area contributed by atoms with Crippen molar-refractivity contribution in [2.45, 2.75) is 6.10 Å². The number of nitrogens with zero attached hydrogens (tertiary/aromatic N) is 2. The third-order valence-electron chi connectivity index (χ3n) is 3.57. The normalized spacial score (nSPS) is 17.7. The van der Waals surface area contributed by atoms with Crippen molar-refractivity contribution >= 4 is 23.1 Å². The number of aromatic nitrogens is 1. The van der Waals surface area contributed by atoms with Crippen LogP contribution in [0.1, 0.15) is 0 Å². The van der Waals surface area contributed by atoms with Gasteiger partial charge in [-0.25, -0.2) is 9.78 Å². The first kappa shape index (κ1) is 15.9. The van der Waals surface area contributed by atoms with Crippen LogP contribution in [-0.2, 0) is 9.47 Å². The number of likely N-dealkylation sites (N-methyl/N-ethyl adjacent to an activating group) is 1. The van der Waals surface area contributed by atoms with Crippen LogP contribution in [0.4, 0.5) is 10.5 Å². The van der Waals surface area contributed by atoms with Crippen LogP contribution in [0.3, 0.4) is 0 Å². The molecule has 0 aliphatic carbocycles. The molecule has 2 amide bonds. The van der Waals surface area contributed by atoms with E-state index in [1.807, 2.05) is 29.6 Å². The highest BCUT2D eigenvalue weighted by atomic mass is 32.1. The molecular formula is C16H19N3O3S. The number of thiazole rings is 1. The summed E-state index contributed by atoms with van der Waals surface area (Å²) < 4.78 is 10.9. The zero-order chi connectivity index (χ0) is 16.1. The summed E-state index contributed by atoms with van der Waals surface area (Å²) in [6, 6.07) is 7.48. The number of ether oxygens (including phenoxy) is 2. The molecule has 0 saturated carbocycles. The van der Waals surface area contributed by atoms with Crippen molar-refractivity contribution in [3.05, 3.63) is 35.2 Å². The number of amides is 2. The molecule has 2 heterocycles. The molecule has 7 heteroatoms. The minimum atomic E-state index is -0.166. The fraction of sp³-hybridized carbons (Fsp3) is 0.375. The van der Waals surface area contributed by atoms with Crippen molar-refractivity contribution in [3.63, 3.8) is 0 Å². The Morgan fingerprint density at radius 3 is 2.87 bits per heavy atom. The van der Waals surface area contributed by atoms with Crippen molar-refractivity contribution in [2.24, 2.45) is 0 Å². The average molecular weight is 333 g/mol. The van der Waals surface area contributed by atoms with Crippen molar-refractivity contribution in [1.82, 2.24) is 9.88 Å². The number of urea groups is 1. The highest BCUT2D eigenvalue weighted by molar-refractivity contribution is 7.07. The number of hydrogen-bond donors (Lipinski definition) is 1. The lowest BCUT2D eigenvalue weighted by Gasteiger charge is -2.27. The van der Waals surface area contributed by atoms with E-state index in [9.17, 15) is 4.79 Å². The number of nitrogens with one attached hydrogen (secondary N) is 1. The van der Waals surface area contributed by atoms with Gasteiger partial charge in [-0.3, -0.25) is 0 Å². The molecule has 0 bridgehead atoms. The minimum absolute atomic E-state index is 0.0634. The van der Waals surface area contributed by atoms with E-state index in [1.165, 1.54) is 0 Å². The van der Waals surface area contributed by atoms with Crippen LogP contribution in [0.15, 0.2) is 35.2 Å². The summed E-state index contributed by atoms with van der Waals surface area (Å²) in [6.07, 6.45) is -0.0634. The summed E-state index contributed by atoms with van der Waals surface area (Å²) in [5.74, 6) is 0. The van der Waals surface area contributed by atoms with Gasteiger partial charge in [-0.1, -0.05) is 12.1 Å². The molecule has 1 N–H and O–H groups in total. The van der Waals surface area contributed by atoms with Gasteiger partial charge < -0.3 is 19.7 Å². The maximum absolute atomic E-state index is 12.2. The zero-order valence-corrected chi connectivity index (χ0v) is 13.7. The first-order valence-corrected chi connectivity index (χ1v) is 8.37. The van der Waals surface area contributed by atoms with Crippen LogP contribution in [0.2, 0.25) is 0 Å². The van der Waals surface area contributed by atoms with Crippen LogP contribution in [0, 0.1) is 0 Å². The Labute approximate surface area is 139 Å². The lowest BCUT2D eigenvalue weighted by atomic mass is 10.1. The second kappa shape index (κ2) is 7.54. The molecular weight excluding hydrogens is 314 g/mol. The Bertz CT molecular complexity index is 625. The molecule has 23 heavy (non-hydrogen) atoms. The lowest BCUT2D eigenvalue weighted by molar-refractivity contribution is -0.0925. The van der Waals surface area contributed by atoms with E-state index in [2.05, 4.69) is 10.3 Å². The van der Waals surface area contributed by atoms with E-state index >= 15 is 0 Å². The third-order valence-corrected chi connectivity index (χ3v) is 4.16. The summed E-state index contributed by atoms with van der Waals surface area (Å²) in [5, 5.41) is 4.87.